The number of carbonyl (C=O) groups excluding carboxylic acids is 1. The molecule has 26 heavy (non-hydrogen) atoms. The normalized spacial score (nSPS) is 12.0. The average molecular weight is 377 g/mol. The molecule has 0 saturated heterocycles. The van der Waals surface area contributed by atoms with Crippen LogP contribution in [0.25, 0.3) is 5.69 Å². The van der Waals surface area contributed by atoms with Crippen molar-refractivity contribution in [3.63, 3.8) is 0 Å². The summed E-state index contributed by atoms with van der Waals surface area (Å²) in [5.74, 6) is -1.92. The van der Waals surface area contributed by atoms with Gasteiger partial charge < -0.3 is 5.32 Å². The van der Waals surface area contributed by atoms with Crippen LogP contribution in [0.15, 0.2) is 42.5 Å². The van der Waals surface area contributed by atoms with Gasteiger partial charge in [-0.2, -0.15) is 0 Å². The number of benzene rings is 2. The minimum absolute atomic E-state index is 0.0214. The Balaban J connectivity index is 1.78. The quantitative estimate of drug-likeness (QED) is 0.748. The number of hydrogen-bond acceptors (Lipinski definition) is 3. The molecular formula is C18H15ClF2N4O. The highest BCUT2D eigenvalue weighted by atomic mass is 35.5. The Kier molecular flexibility index (Phi) is 4.99. The summed E-state index contributed by atoms with van der Waals surface area (Å²) in [7, 11) is 0. The Morgan fingerprint density at radius 3 is 2.50 bits per heavy atom. The number of amides is 1. The first-order valence-corrected chi connectivity index (χ1v) is 8.18. The van der Waals surface area contributed by atoms with Crippen molar-refractivity contribution in [2.45, 2.75) is 19.9 Å². The maximum absolute atomic E-state index is 13.3. The van der Waals surface area contributed by atoms with Gasteiger partial charge in [-0.1, -0.05) is 17.7 Å². The van der Waals surface area contributed by atoms with E-state index in [1.54, 1.807) is 38.1 Å². The summed E-state index contributed by atoms with van der Waals surface area (Å²) in [5, 5.41) is 7.46. The summed E-state index contributed by atoms with van der Waals surface area (Å²) >= 11 is 5.87. The van der Waals surface area contributed by atoms with Crippen molar-refractivity contribution in [1.29, 1.82) is 0 Å². The van der Waals surface area contributed by atoms with E-state index in [4.69, 9.17) is 11.6 Å². The van der Waals surface area contributed by atoms with E-state index in [-0.39, 0.29) is 5.82 Å². The largest absolute Gasteiger partial charge is 0.343 e. The third-order valence-corrected chi connectivity index (χ3v) is 4.09. The molecule has 0 fully saturated rings. The minimum atomic E-state index is -0.968. The monoisotopic (exact) mass is 376 g/mol. The molecule has 8 heteroatoms. The van der Waals surface area contributed by atoms with Crippen molar-refractivity contribution in [2.75, 3.05) is 0 Å². The smallest absolute Gasteiger partial charge is 0.291 e. The lowest BCUT2D eigenvalue weighted by molar-refractivity contribution is 0.0929. The molecule has 1 amide bonds. The average Bonchev–Trinajstić information content (AvgIpc) is 3.00. The number of rotatable bonds is 4. The lowest BCUT2D eigenvalue weighted by Gasteiger charge is -2.13. The zero-order chi connectivity index (χ0) is 18.8. The second kappa shape index (κ2) is 7.21. The third kappa shape index (κ3) is 3.72. The van der Waals surface area contributed by atoms with E-state index in [2.05, 4.69) is 15.4 Å². The zero-order valence-corrected chi connectivity index (χ0v) is 14.8. The van der Waals surface area contributed by atoms with Gasteiger partial charge in [-0.3, -0.25) is 4.79 Å². The zero-order valence-electron chi connectivity index (χ0n) is 14.0. The van der Waals surface area contributed by atoms with E-state index >= 15 is 0 Å². The van der Waals surface area contributed by atoms with Gasteiger partial charge in [0.1, 0.15) is 5.82 Å². The van der Waals surface area contributed by atoms with Gasteiger partial charge in [0.2, 0.25) is 5.82 Å². The van der Waals surface area contributed by atoms with Gasteiger partial charge in [-0.05, 0) is 55.8 Å². The highest BCUT2D eigenvalue weighted by Gasteiger charge is 2.18. The fourth-order valence-corrected chi connectivity index (χ4v) is 2.57. The summed E-state index contributed by atoms with van der Waals surface area (Å²) in [6.45, 7) is 3.38. The van der Waals surface area contributed by atoms with Gasteiger partial charge in [0.05, 0.1) is 11.7 Å². The SMILES string of the molecule is Cc1nc(C(=O)NC(C)c2ccc(F)c(F)c2)nn1-c1ccc(Cl)cc1. The molecule has 134 valence electrons. The van der Waals surface area contributed by atoms with Crippen LogP contribution in [0, 0.1) is 18.6 Å². The van der Waals surface area contributed by atoms with Crippen LogP contribution in [0.1, 0.15) is 35.0 Å². The molecule has 0 bridgehead atoms. The lowest BCUT2D eigenvalue weighted by atomic mass is 10.1. The molecule has 2 aromatic carbocycles. The molecule has 0 spiro atoms. The highest BCUT2D eigenvalue weighted by molar-refractivity contribution is 6.30. The van der Waals surface area contributed by atoms with E-state index < -0.39 is 23.6 Å². The third-order valence-electron chi connectivity index (χ3n) is 3.83. The van der Waals surface area contributed by atoms with Crippen LogP contribution < -0.4 is 5.32 Å². The number of nitrogens with one attached hydrogen (secondary N) is 1. The highest BCUT2D eigenvalue weighted by Crippen LogP contribution is 2.17. The Bertz CT molecular complexity index is 956. The predicted molar refractivity (Wildman–Crippen MR) is 93.3 cm³/mol. The fraction of sp³-hybridized carbons (Fsp3) is 0.167. The molecule has 1 N–H and O–H groups in total. The first-order valence-electron chi connectivity index (χ1n) is 7.80. The maximum Gasteiger partial charge on any atom is 0.291 e. The lowest BCUT2D eigenvalue weighted by Crippen LogP contribution is -2.27. The molecule has 5 nitrogen and oxygen atoms in total. The number of hydrogen-bond donors (Lipinski definition) is 1. The molecule has 0 aliphatic heterocycles. The number of carbonyl (C=O) groups is 1. The molecule has 3 rings (SSSR count). The van der Waals surface area contributed by atoms with Crippen LogP contribution in [0.2, 0.25) is 5.02 Å². The van der Waals surface area contributed by atoms with Crippen LogP contribution in [-0.2, 0) is 0 Å². The van der Waals surface area contributed by atoms with Crippen molar-refractivity contribution >= 4 is 17.5 Å². The van der Waals surface area contributed by atoms with Gasteiger partial charge in [0, 0.05) is 5.02 Å². The van der Waals surface area contributed by atoms with Gasteiger partial charge in [0.25, 0.3) is 5.91 Å². The second-order valence-electron chi connectivity index (χ2n) is 5.74. The predicted octanol–water partition coefficient (Wildman–Crippen LogP) is 4.00. The fourth-order valence-electron chi connectivity index (χ4n) is 2.44. The Hall–Kier alpha value is -2.80. The Morgan fingerprint density at radius 2 is 1.85 bits per heavy atom. The summed E-state index contributed by atoms with van der Waals surface area (Å²) in [6.07, 6.45) is 0. The van der Waals surface area contributed by atoms with Crippen LogP contribution in [0.3, 0.4) is 0 Å². The number of aryl methyl sites for hydroxylation is 1. The molecule has 1 unspecified atom stereocenters. The van der Waals surface area contributed by atoms with E-state index in [0.29, 0.717) is 22.1 Å². The first kappa shape index (κ1) is 18.0. The summed E-state index contributed by atoms with van der Waals surface area (Å²) in [6, 6.07) is 9.88. The van der Waals surface area contributed by atoms with Crippen LogP contribution in [0.5, 0.6) is 0 Å². The number of halogens is 3. The Labute approximate surface area is 153 Å². The molecular weight excluding hydrogens is 362 g/mol. The number of nitrogens with zero attached hydrogens (tertiary/aromatic N) is 3. The molecule has 3 aromatic rings. The molecule has 0 radical (unpaired) electrons. The van der Waals surface area contributed by atoms with Crippen molar-refractivity contribution in [3.05, 3.63) is 76.3 Å². The summed E-state index contributed by atoms with van der Waals surface area (Å²) in [4.78, 5) is 16.6. The van der Waals surface area contributed by atoms with Crippen LogP contribution in [0.4, 0.5) is 8.78 Å². The molecule has 1 aromatic heterocycles. The van der Waals surface area contributed by atoms with Gasteiger partial charge >= 0.3 is 0 Å². The molecule has 1 atom stereocenters. The summed E-state index contributed by atoms with van der Waals surface area (Å²) in [5.41, 5.74) is 1.15. The second-order valence-corrected chi connectivity index (χ2v) is 6.18. The van der Waals surface area contributed by atoms with Crippen LogP contribution >= 0.6 is 11.6 Å². The van der Waals surface area contributed by atoms with E-state index in [1.165, 1.54) is 10.7 Å². The number of aromatic nitrogens is 3. The van der Waals surface area contributed by atoms with Gasteiger partial charge in [-0.15, -0.1) is 5.10 Å². The minimum Gasteiger partial charge on any atom is -0.343 e. The molecule has 0 saturated carbocycles. The van der Waals surface area contributed by atoms with Crippen LogP contribution in [-0.4, -0.2) is 20.7 Å². The van der Waals surface area contributed by atoms with E-state index in [0.717, 1.165) is 12.1 Å². The van der Waals surface area contributed by atoms with Crippen molar-refractivity contribution in [1.82, 2.24) is 20.1 Å². The molecule has 1 heterocycles. The van der Waals surface area contributed by atoms with Gasteiger partial charge in [0.15, 0.2) is 11.6 Å². The first-order chi connectivity index (χ1) is 12.3. The topological polar surface area (TPSA) is 59.8 Å². The maximum atomic E-state index is 13.3. The van der Waals surface area contributed by atoms with Crippen molar-refractivity contribution in [2.24, 2.45) is 0 Å². The van der Waals surface area contributed by atoms with E-state index in [9.17, 15) is 13.6 Å². The van der Waals surface area contributed by atoms with Crippen molar-refractivity contribution < 1.29 is 13.6 Å². The molecule has 0 aliphatic carbocycles. The van der Waals surface area contributed by atoms with Gasteiger partial charge in [-0.25, -0.2) is 18.4 Å². The summed E-state index contributed by atoms with van der Waals surface area (Å²) < 4.78 is 27.9. The molecule has 0 aliphatic rings. The Morgan fingerprint density at radius 1 is 1.15 bits per heavy atom. The standard InChI is InChI=1S/C18H15ClF2N4O/c1-10(12-3-8-15(20)16(21)9-12)22-18(26)17-23-11(2)25(24-17)14-6-4-13(19)5-7-14/h3-10H,1-2H3,(H,22,26). The van der Waals surface area contributed by atoms with E-state index in [1.807, 2.05) is 0 Å². The van der Waals surface area contributed by atoms with Crippen molar-refractivity contribution in [3.8, 4) is 5.69 Å².